The van der Waals surface area contributed by atoms with E-state index in [4.69, 9.17) is 11.6 Å². The largest absolute Gasteiger partial charge is 0.478 e. The van der Waals surface area contributed by atoms with Crippen molar-refractivity contribution in [3.05, 3.63) is 21.8 Å². The Kier molecular flexibility index (Phi) is 4.37. The van der Waals surface area contributed by atoms with Crippen LogP contribution in [0.2, 0.25) is 5.02 Å². The molecule has 0 radical (unpaired) electrons. The number of halogens is 3. The lowest BCUT2D eigenvalue weighted by molar-refractivity contribution is -0.0102. The Hall–Kier alpha value is -1.43. The number of hydrogen-bond acceptors (Lipinski definition) is 3. The molecule has 0 saturated carbocycles. The van der Waals surface area contributed by atoms with E-state index in [-0.39, 0.29) is 30.8 Å². The van der Waals surface area contributed by atoms with E-state index in [0.29, 0.717) is 29.2 Å². The van der Waals surface area contributed by atoms with Crippen LogP contribution in [0.15, 0.2) is 0 Å². The smallest absolute Gasteiger partial charge is 0.339 e. The number of rotatable bonds is 2. The number of anilines is 1. The van der Waals surface area contributed by atoms with E-state index < -0.39 is 11.9 Å². The predicted octanol–water partition coefficient (Wildman–Crippen LogP) is 3.68. The molecule has 0 aromatic carbocycles. The maximum atomic E-state index is 13.5. The lowest BCUT2D eigenvalue weighted by Crippen LogP contribution is -2.29. The van der Waals surface area contributed by atoms with Gasteiger partial charge in [-0.05, 0) is 25.8 Å². The summed E-state index contributed by atoms with van der Waals surface area (Å²) in [5.41, 5.74) is 0.920. The normalized spacial score (nSPS) is 18.4. The molecular weight excluding hydrogens is 302 g/mol. The quantitative estimate of drug-likeness (QED) is 0.904. The van der Waals surface area contributed by atoms with Crippen LogP contribution in [0.1, 0.15) is 40.9 Å². The molecule has 116 valence electrons. The molecule has 0 bridgehead atoms. The van der Waals surface area contributed by atoms with Gasteiger partial charge in [0, 0.05) is 25.9 Å². The molecule has 0 aliphatic carbocycles. The van der Waals surface area contributed by atoms with Gasteiger partial charge in [-0.15, -0.1) is 0 Å². The molecule has 0 spiro atoms. The van der Waals surface area contributed by atoms with Crippen LogP contribution in [0.3, 0.4) is 0 Å². The van der Waals surface area contributed by atoms with Crippen molar-refractivity contribution >= 4 is 23.4 Å². The fourth-order valence-corrected chi connectivity index (χ4v) is 2.71. The van der Waals surface area contributed by atoms with E-state index in [0.717, 1.165) is 0 Å². The zero-order valence-electron chi connectivity index (χ0n) is 11.9. The predicted molar refractivity (Wildman–Crippen MR) is 76.7 cm³/mol. The van der Waals surface area contributed by atoms with Crippen molar-refractivity contribution in [3.8, 4) is 0 Å². The zero-order valence-corrected chi connectivity index (χ0v) is 12.7. The molecule has 0 unspecified atom stereocenters. The van der Waals surface area contributed by atoms with Crippen LogP contribution in [-0.4, -0.2) is 35.1 Å². The summed E-state index contributed by atoms with van der Waals surface area (Å²) < 4.78 is 26.9. The molecule has 1 fully saturated rings. The fourth-order valence-electron chi connectivity index (χ4n) is 2.57. The number of carboxylic acid groups (broad SMARTS) is 1. The highest BCUT2D eigenvalue weighted by Gasteiger charge is 2.33. The summed E-state index contributed by atoms with van der Waals surface area (Å²) in [4.78, 5) is 17.4. The fraction of sp³-hybridized carbons (Fsp3) is 0.571. The van der Waals surface area contributed by atoms with Crippen LogP contribution in [0.25, 0.3) is 0 Å². The number of aryl methyl sites for hydroxylation is 1. The highest BCUT2D eigenvalue weighted by Crippen LogP contribution is 2.33. The van der Waals surface area contributed by atoms with Crippen molar-refractivity contribution in [1.29, 1.82) is 0 Å². The number of carboxylic acids is 1. The van der Waals surface area contributed by atoms with Crippen LogP contribution in [-0.2, 0) is 0 Å². The number of nitrogens with zero attached hydrogens (tertiary/aromatic N) is 2. The minimum atomic E-state index is -2.70. The summed E-state index contributed by atoms with van der Waals surface area (Å²) in [5.74, 6) is -3.61. The summed E-state index contributed by atoms with van der Waals surface area (Å²) >= 11 is 6.05. The third-order valence-corrected chi connectivity index (χ3v) is 4.31. The molecular formula is C14H17ClF2N2O2. The molecule has 1 N–H and O–H groups in total. The Labute approximate surface area is 126 Å². The highest BCUT2D eigenvalue weighted by atomic mass is 35.5. The number of hydrogen-bond donors (Lipinski definition) is 1. The highest BCUT2D eigenvalue weighted by molar-refractivity contribution is 6.32. The second-order valence-electron chi connectivity index (χ2n) is 5.34. The third-order valence-electron chi connectivity index (χ3n) is 3.75. The summed E-state index contributed by atoms with van der Waals surface area (Å²) in [6.45, 7) is 3.73. The Bertz CT molecular complexity index is 579. The summed E-state index contributed by atoms with van der Waals surface area (Å²) in [6, 6.07) is 0. The van der Waals surface area contributed by atoms with E-state index in [2.05, 4.69) is 4.98 Å². The van der Waals surface area contributed by atoms with Crippen LogP contribution < -0.4 is 4.90 Å². The first kappa shape index (κ1) is 15.9. The number of alkyl halides is 2. The lowest BCUT2D eigenvalue weighted by atomic mass is 10.1. The molecule has 21 heavy (non-hydrogen) atoms. The van der Waals surface area contributed by atoms with E-state index >= 15 is 0 Å². The Morgan fingerprint density at radius 1 is 1.33 bits per heavy atom. The minimum Gasteiger partial charge on any atom is -0.478 e. The van der Waals surface area contributed by atoms with Crippen LogP contribution in [0.4, 0.5) is 14.6 Å². The second kappa shape index (κ2) is 5.75. The van der Waals surface area contributed by atoms with Crippen molar-refractivity contribution in [2.75, 3.05) is 18.0 Å². The molecule has 4 nitrogen and oxygen atoms in total. The number of aromatic carboxylic acids is 1. The van der Waals surface area contributed by atoms with Gasteiger partial charge in [-0.3, -0.25) is 0 Å². The van der Waals surface area contributed by atoms with Gasteiger partial charge in [-0.1, -0.05) is 11.6 Å². The van der Waals surface area contributed by atoms with Crippen molar-refractivity contribution < 1.29 is 18.7 Å². The Balaban J connectivity index is 2.46. The first-order valence-corrected chi connectivity index (χ1v) is 7.13. The summed E-state index contributed by atoms with van der Waals surface area (Å²) in [6.07, 6.45) is -0.180. The van der Waals surface area contributed by atoms with Gasteiger partial charge in [0.05, 0.1) is 10.7 Å². The van der Waals surface area contributed by atoms with E-state index in [1.165, 1.54) is 0 Å². The second-order valence-corrected chi connectivity index (χ2v) is 5.71. The summed E-state index contributed by atoms with van der Waals surface area (Å²) in [5, 5.41) is 9.69. The standard InChI is InChI=1S/C14H17ClF2N2O2/c1-8-10(13(20)21)12(18-9(2)11(8)15)19-6-3-4-14(16,17)5-7-19/h3-7H2,1-2H3,(H,20,21). The zero-order chi connectivity index (χ0) is 15.8. The van der Waals surface area contributed by atoms with Gasteiger partial charge in [0.15, 0.2) is 0 Å². The average Bonchev–Trinajstić information content (AvgIpc) is 2.56. The van der Waals surface area contributed by atoms with Crippen LogP contribution in [0, 0.1) is 13.8 Å². The molecule has 2 rings (SSSR count). The van der Waals surface area contributed by atoms with Crippen molar-refractivity contribution in [1.82, 2.24) is 4.98 Å². The molecule has 1 aromatic heterocycles. The molecule has 0 amide bonds. The molecule has 1 aromatic rings. The lowest BCUT2D eigenvalue weighted by Gasteiger charge is -2.25. The number of aromatic nitrogens is 1. The van der Waals surface area contributed by atoms with E-state index in [9.17, 15) is 18.7 Å². The minimum absolute atomic E-state index is 0.00387. The van der Waals surface area contributed by atoms with Gasteiger partial charge in [0.2, 0.25) is 5.92 Å². The molecule has 0 atom stereocenters. The van der Waals surface area contributed by atoms with Gasteiger partial charge in [-0.25, -0.2) is 18.6 Å². The van der Waals surface area contributed by atoms with E-state index in [1.54, 1.807) is 18.7 Å². The first-order valence-electron chi connectivity index (χ1n) is 6.76. The molecule has 1 aliphatic heterocycles. The van der Waals surface area contributed by atoms with Gasteiger partial charge in [0.1, 0.15) is 11.4 Å². The van der Waals surface area contributed by atoms with Crippen molar-refractivity contribution in [3.63, 3.8) is 0 Å². The van der Waals surface area contributed by atoms with Crippen molar-refractivity contribution in [2.45, 2.75) is 39.0 Å². The molecule has 7 heteroatoms. The SMILES string of the molecule is Cc1nc(N2CCCC(F)(F)CC2)c(C(=O)O)c(C)c1Cl. The first-order chi connectivity index (χ1) is 9.73. The van der Waals surface area contributed by atoms with Crippen molar-refractivity contribution in [2.24, 2.45) is 0 Å². The van der Waals surface area contributed by atoms with E-state index in [1.807, 2.05) is 0 Å². The monoisotopic (exact) mass is 318 g/mol. The summed E-state index contributed by atoms with van der Waals surface area (Å²) in [7, 11) is 0. The number of pyridine rings is 1. The van der Waals surface area contributed by atoms with Crippen LogP contribution in [0.5, 0.6) is 0 Å². The van der Waals surface area contributed by atoms with Gasteiger partial charge in [-0.2, -0.15) is 0 Å². The Morgan fingerprint density at radius 2 is 2.00 bits per heavy atom. The third kappa shape index (κ3) is 3.26. The Morgan fingerprint density at radius 3 is 2.62 bits per heavy atom. The van der Waals surface area contributed by atoms with Gasteiger partial charge in [0.25, 0.3) is 0 Å². The maximum absolute atomic E-state index is 13.5. The molecule has 1 aliphatic rings. The average molecular weight is 319 g/mol. The molecule has 1 saturated heterocycles. The topological polar surface area (TPSA) is 53.4 Å². The molecule has 2 heterocycles. The van der Waals surface area contributed by atoms with Crippen LogP contribution >= 0.6 is 11.6 Å². The van der Waals surface area contributed by atoms with Gasteiger partial charge < -0.3 is 10.0 Å². The maximum Gasteiger partial charge on any atom is 0.339 e. The van der Waals surface area contributed by atoms with Gasteiger partial charge >= 0.3 is 5.97 Å². The number of carbonyl (C=O) groups is 1.